The summed E-state index contributed by atoms with van der Waals surface area (Å²) in [6.45, 7) is 0.862. The molecule has 0 aliphatic heterocycles. The standard InChI is InChI=1S/C10H8F3N3.2C9H6F3N3O/c1-7(10(11,12)13)15-16-9-4-2-3-8(5-9)6-14;2*10-9(11,12)8(16)15-14-7-3-1-2-6(4-7)5-13/h2-5,16H,1H3;2*1-4,14H,(H,15,16)/b15-7+;;. The molecule has 0 fully saturated rings. The van der Waals surface area contributed by atoms with Gasteiger partial charge in [-0.25, -0.2) is 0 Å². The molecule has 0 aromatic heterocycles. The summed E-state index contributed by atoms with van der Waals surface area (Å²) in [4.78, 5) is 20.9. The quantitative estimate of drug-likeness (QED) is 0.119. The zero-order valence-electron chi connectivity index (χ0n) is 23.9. The minimum Gasteiger partial charge on any atom is -0.298 e. The summed E-state index contributed by atoms with van der Waals surface area (Å²) >= 11 is 0. The Morgan fingerprint density at radius 2 is 0.917 bits per heavy atom. The molecule has 3 rings (SSSR count). The normalized spacial score (nSPS) is 10.9. The van der Waals surface area contributed by atoms with Gasteiger partial charge < -0.3 is 0 Å². The third-order valence-electron chi connectivity index (χ3n) is 4.89. The maximum Gasteiger partial charge on any atom is 0.472 e. The molecule has 3 aromatic rings. The molecule has 11 nitrogen and oxygen atoms in total. The van der Waals surface area contributed by atoms with E-state index >= 15 is 0 Å². The largest absolute Gasteiger partial charge is 0.472 e. The number of alkyl halides is 9. The van der Waals surface area contributed by atoms with E-state index < -0.39 is 36.1 Å². The molecule has 0 saturated heterocycles. The first-order valence-electron chi connectivity index (χ1n) is 12.4. The number of rotatable bonds is 6. The van der Waals surface area contributed by atoms with Gasteiger partial charge in [0.1, 0.15) is 5.71 Å². The van der Waals surface area contributed by atoms with Crippen LogP contribution in [-0.4, -0.2) is 36.1 Å². The SMILES string of the molecule is C/C(=N\Nc1cccc(C#N)c1)C(F)(F)F.N#Cc1cccc(NNC(=O)C(F)(F)F)c1.N#Cc1cccc(NNC(=O)C(F)(F)F)c1. The highest BCUT2D eigenvalue weighted by Crippen LogP contribution is 2.18. The Morgan fingerprint density at radius 1 is 0.583 bits per heavy atom. The molecule has 0 spiro atoms. The summed E-state index contributed by atoms with van der Waals surface area (Å²) in [5.74, 6) is -4.20. The van der Waals surface area contributed by atoms with Crippen LogP contribution < -0.4 is 27.1 Å². The zero-order chi connectivity index (χ0) is 36.5. The van der Waals surface area contributed by atoms with Gasteiger partial charge >= 0.3 is 30.3 Å². The lowest BCUT2D eigenvalue weighted by atomic mass is 10.2. The van der Waals surface area contributed by atoms with Gasteiger partial charge in [-0.3, -0.25) is 36.7 Å². The molecule has 0 bridgehead atoms. The topological polar surface area (TPSA) is 178 Å². The highest BCUT2D eigenvalue weighted by Gasteiger charge is 2.39. The smallest absolute Gasteiger partial charge is 0.298 e. The van der Waals surface area contributed by atoms with E-state index in [1.807, 2.05) is 18.2 Å². The van der Waals surface area contributed by atoms with E-state index in [0.717, 1.165) is 6.92 Å². The van der Waals surface area contributed by atoms with Gasteiger partial charge in [0.25, 0.3) is 0 Å². The number of hydrogen-bond acceptors (Lipinski definition) is 9. The lowest BCUT2D eigenvalue weighted by molar-refractivity contribution is -0.173. The predicted molar refractivity (Wildman–Crippen MR) is 152 cm³/mol. The van der Waals surface area contributed by atoms with Crippen LogP contribution in [0, 0.1) is 34.0 Å². The number of benzene rings is 3. The van der Waals surface area contributed by atoms with Crippen LogP contribution in [0.1, 0.15) is 23.6 Å². The second kappa shape index (κ2) is 17.9. The average Bonchev–Trinajstić information content (AvgIpc) is 3.04. The first-order valence-corrected chi connectivity index (χ1v) is 12.4. The van der Waals surface area contributed by atoms with E-state index in [1.54, 1.807) is 12.1 Å². The third-order valence-corrected chi connectivity index (χ3v) is 4.89. The number of nitriles is 3. The Bertz CT molecular complexity index is 1630. The second-order valence-electron chi connectivity index (χ2n) is 8.54. The van der Waals surface area contributed by atoms with Crippen molar-refractivity contribution in [1.82, 2.24) is 10.9 Å². The van der Waals surface area contributed by atoms with Crippen molar-refractivity contribution in [1.29, 1.82) is 15.8 Å². The molecule has 0 radical (unpaired) electrons. The number of carbonyl (C=O) groups excluding carboxylic acids is 2. The number of hydrogen-bond donors (Lipinski definition) is 5. The maximum absolute atomic E-state index is 12.1. The van der Waals surface area contributed by atoms with E-state index in [-0.39, 0.29) is 22.5 Å². The van der Waals surface area contributed by atoms with Crippen LogP contribution in [-0.2, 0) is 9.59 Å². The van der Waals surface area contributed by atoms with Crippen molar-refractivity contribution < 1.29 is 49.1 Å². The summed E-state index contributed by atoms with van der Waals surface area (Å²) < 4.78 is 107. The van der Waals surface area contributed by atoms with Crippen molar-refractivity contribution in [2.45, 2.75) is 25.5 Å². The molecule has 0 unspecified atom stereocenters. The van der Waals surface area contributed by atoms with Gasteiger partial charge in [0.15, 0.2) is 0 Å². The minimum absolute atomic E-state index is 0.191. The molecule has 252 valence electrons. The van der Waals surface area contributed by atoms with Gasteiger partial charge in [0.05, 0.1) is 52.0 Å². The lowest BCUT2D eigenvalue weighted by Gasteiger charge is -2.10. The van der Waals surface area contributed by atoms with Crippen LogP contribution in [0.5, 0.6) is 0 Å². The summed E-state index contributed by atoms with van der Waals surface area (Å²) in [5, 5.41) is 28.8. The number of nitrogens with zero attached hydrogens (tertiary/aromatic N) is 4. The maximum atomic E-state index is 12.1. The molecule has 0 aliphatic carbocycles. The monoisotopic (exact) mass is 685 g/mol. The van der Waals surface area contributed by atoms with E-state index in [1.165, 1.54) is 71.5 Å². The first-order chi connectivity index (χ1) is 22.3. The van der Waals surface area contributed by atoms with E-state index in [9.17, 15) is 49.1 Å². The highest BCUT2D eigenvalue weighted by molar-refractivity contribution is 5.88. The Morgan fingerprint density at radius 3 is 1.23 bits per heavy atom. The number of hydrazine groups is 2. The van der Waals surface area contributed by atoms with Gasteiger partial charge in [0, 0.05) is 0 Å². The molecule has 0 saturated carbocycles. The fraction of sp³-hybridized carbons (Fsp3) is 0.143. The average molecular weight is 686 g/mol. The molecule has 0 heterocycles. The van der Waals surface area contributed by atoms with Crippen LogP contribution in [0.2, 0.25) is 0 Å². The van der Waals surface area contributed by atoms with Crippen LogP contribution >= 0.6 is 0 Å². The molecular formula is C28H20F9N9O2. The summed E-state index contributed by atoms with van der Waals surface area (Å²) in [6.07, 6.45) is -14.3. The van der Waals surface area contributed by atoms with E-state index in [0.29, 0.717) is 11.3 Å². The summed E-state index contributed by atoms with van der Waals surface area (Å²) in [6, 6.07) is 22.9. The highest BCUT2D eigenvalue weighted by atomic mass is 19.4. The molecule has 0 aliphatic rings. The van der Waals surface area contributed by atoms with Gasteiger partial charge in [-0.1, -0.05) is 18.2 Å². The molecule has 2 amide bonds. The molecule has 48 heavy (non-hydrogen) atoms. The Balaban J connectivity index is 0.000000360. The number of hydrazone groups is 1. The van der Waals surface area contributed by atoms with Crippen molar-refractivity contribution in [2.75, 3.05) is 16.3 Å². The second-order valence-corrected chi connectivity index (χ2v) is 8.54. The van der Waals surface area contributed by atoms with Crippen molar-refractivity contribution in [3.8, 4) is 18.2 Å². The van der Waals surface area contributed by atoms with Crippen LogP contribution in [0.15, 0.2) is 77.9 Å². The van der Waals surface area contributed by atoms with Crippen LogP contribution in [0.25, 0.3) is 0 Å². The molecule has 0 atom stereocenters. The van der Waals surface area contributed by atoms with Gasteiger partial charge in [-0.2, -0.15) is 60.4 Å². The Labute approximate surface area is 265 Å². The first kappa shape index (κ1) is 39.5. The molecule has 20 heteroatoms. The van der Waals surface area contributed by atoms with E-state index in [4.69, 9.17) is 15.8 Å². The molecule has 5 N–H and O–H groups in total. The summed E-state index contributed by atoms with van der Waals surface area (Å²) in [7, 11) is 0. The third kappa shape index (κ3) is 15.0. The van der Waals surface area contributed by atoms with Crippen molar-refractivity contribution in [2.24, 2.45) is 5.10 Å². The molecule has 3 aromatic carbocycles. The van der Waals surface area contributed by atoms with E-state index in [2.05, 4.69) is 21.4 Å². The van der Waals surface area contributed by atoms with Gasteiger partial charge in [0.2, 0.25) is 0 Å². The number of halogens is 9. The van der Waals surface area contributed by atoms with Gasteiger partial charge in [-0.05, 0) is 61.5 Å². The zero-order valence-corrected chi connectivity index (χ0v) is 23.9. The Hall–Kier alpha value is -6.49. The molecular weight excluding hydrogens is 665 g/mol. The number of anilines is 3. The van der Waals surface area contributed by atoms with Crippen molar-refractivity contribution >= 4 is 34.6 Å². The minimum atomic E-state index is -4.94. The number of amides is 2. The Kier molecular flexibility index (Phi) is 14.7. The van der Waals surface area contributed by atoms with Gasteiger partial charge in [-0.15, -0.1) is 0 Å². The number of carbonyl (C=O) groups is 2. The van der Waals surface area contributed by atoms with Crippen LogP contribution in [0.3, 0.4) is 0 Å². The predicted octanol–water partition coefficient (Wildman–Crippen LogP) is 6.04. The summed E-state index contributed by atoms with van der Waals surface area (Å²) in [5.41, 5.74) is 9.92. The lowest BCUT2D eigenvalue weighted by Crippen LogP contribution is -2.40. The van der Waals surface area contributed by atoms with Crippen molar-refractivity contribution in [3.05, 3.63) is 89.5 Å². The fourth-order valence-corrected chi connectivity index (χ4v) is 2.60. The van der Waals surface area contributed by atoms with Crippen molar-refractivity contribution in [3.63, 3.8) is 0 Å². The fourth-order valence-electron chi connectivity index (χ4n) is 2.60. The number of nitrogens with one attached hydrogen (secondary N) is 5. The van der Waals surface area contributed by atoms with Crippen LogP contribution in [0.4, 0.5) is 56.6 Å².